The van der Waals surface area contributed by atoms with Gasteiger partial charge in [-0.1, -0.05) is 0 Å². The summed E-state index contributed by atoms with van der Waals surface area (Å²) in [5.74, 6) is 0. The molecular formula is C23H47N6O11-. The van der Waals surface area contributed by atoms with Crippen LogP contribution in [0.1, 0.15) is 26.2 Å². The molecule has 17 nitrogen and oxygen atoms in total. The largest absolute Gasteiger partial charge is 0.737 e. The second kappa shape index (κ2) is 18.1. The predicted molar refractivity (Wildman–Crippen MR) is 139 cm³/mol. The summed E-state index contributed by atoms with van der Waals surface area (Å²) >= 11 is 0. The third-order valence-electron chi connectivity index (χ3n) is 7.06. The minimum Gasteiger partial charge on any atom is -0.737 e. The first-order valence-corrected chi connectivity index (χ1v) is 13.7. The summed E-state index contributed by atoms with van der Waals surface area (Å²) in [5.41, 5.74) is 5.45. The first-order valence-electron chi connectivity index (χ1n) is 13.7. The lowest BCUT2D eigenvalue weighted by molar-refractivity contribution is -0.690. The Labute approximate surface area is 234 Å². The molecule has 0 aromatic carbocycles. The van der Waals surface area contributed by atoms with Gasteiger partial charge in [0.1, 0.15) is 48.8 Å². The number of rotatable bonds is 18. The number of nitrogens with one attached hydrogen (secondary N) is 2. The Morgan fingerprint density at radius 2 is 1.57 bits per heavy atom. The molecule has 9 N–H and O–H groups in total. The molecule has 2 fully saturated rings. The summed E-state index contributed by atoms with van der Waals surface area (Å²) in [4.78, 5) is 0.0472. The molecule has 0 aliphatic carbocycles. The third kappa shape index (κ3) is 9.81. The van der Waals surface area contributed by atoms with Crippen molar-refractivity contribution in [2.45, 2.75) is 87.4 Å². The van der Waals surface area contributed by atoms with E-state index < -0.39 is 67.8 Å². The van der Waals surface area contributed by atoms with Crippen LogP contribution in [0.4, 0.5) is 0 Å². The quantitative estimate of drug-likeness (QED) is 0.0335. The van der Waals surface area contributed by atoms with Crippen molar-refractivity contribution in [1.29, 1.82) is 0 Å². The fourth-order valence-corrected chi connectivity index (χ4v) is 4.77. The Morgan fingerprint density at radius 1 is 0.925 bits per heavy atom. The second-order valence-electron chi connectivity index (χ2n) is 9.96. The number of aliphatic hydroxyl groups excluding tert-OH is 5. The molecule has 0 aromatic heterocycles. The van der Waals surface area contributed by atoms with Gasteiger partial charge in [-0.3, -0.25) is 0 Å². The molecule has 0 aromatic rings. The van der Waals surface area contributed by atoms with E-state index in [0.717, 1.165) is 6.42 Å². The van der Waals surface area contributed by atoms with Crippen LogP contribution in [0.2, 0.25) is 0 Å². The summed E-state index contributed by atoms with van der Waals surface area (Å²) in [5, 5.41) is 83.6. The normalized spacial score (nSPS) is 35.1. The Balaban J connectivity index is 1.76. The SMILES string of the molecule is CO[C@H]1[C@H](O)[C@@H](O)[C@@H](OC2[C@@H](CO)O[C@H](C)[C@H](O)[C@H]2O)O[C@@H]1CNCCCNCCCN(CCCN)/[N+]([O-])=N/[O-]. The van der Waals surface area contributed by atoms with Crippen molar-refractivity contribution in [3.8, 4) is 0 Å². The van der Waals surface area contributed by atoms with Crippen LogP contribution in [0, 0.1) is 10.4 Å². The highest BCUT2D eigenvalue weighted by Crippen LogP contribution is 2.29. The van der Waals surface area contributed by atoms with E-state index in [0.29, 0.717) is 52.1 Å². The molecule has 2 heterocycles. The monoisotopic (exact) mass is 583 g/mol. The average Bonchev–Trinajstić information content (AvgIpc) is 2.95. The zero-order chi connectivity index (χ0) is 29.7. The van der Waals surface area contributed by atoms with E-state index in [1.54, 1.807) is 6.92 Å². The van der Waals surface area contributed by atoms with Gasteiger partial charge >= 0.3 is 0 Å². The average molecular weight is 584 g/mol. The molecule has 0 spiro atoms. The van der Waals surface area contributed by atoms with Gasteiger partial charge in [-0.05, 0) is 57.6 Å². The van der Waals surface area contributed by atoms with E-state index in [2.05, 4.69) is 15.9 Å². The van der Waals surface area contributed by atoms with Gasteiger partial charge in [0, 0.05) is 18.6 Å². The highest BCUT2D eigenvalue weighted by Gasteiger charge is 2.50. The standard InChI is InChI=1S/C23H48N6O11/c1-14-17(31)18(32)22(16(13-30)38-14)40-23-20(34)19(33)21(37-2)15(39-23)12-26-8-4-7-25-9-5-11-28(10-3-6-24)29(36)27-35/h14-23,25-26,30-35H,3-13,24H2,1-2H3/p-1/b29-27-/t14-,15-,16-,17+,18-,19-,20-,21-,22?,23-/m1/s1. The summed E-state index contributed by atoms with van der Waals surface area (Å²) in [6, 6.07) is 0. The summed E-state index contributed by atoms with van der Waals surface area (Å²) in [7, 11) is 1.38. The van der Waals surface area contributed by atoms with Crippen molar-refractivity contribution in [3.63, 3.8) is 0 Å². The second-order valence-corrected chi connectivity index (χ2v) is 9.96. The maximum atomic E-state index is 11.5. The Bertz CT molecular complexity index is 727. The van der Waals surface area contributed by atoms with Crippen LogP contribution in [-0.4, -0.2) is 156 Å². The number of ether oxygens (including phenoxy) is 4. The van der Waals surface area contributed by atoms with Crippen LogP contribution in [0.15, 0.2) is 5.28 Å². The molecule has 2 saturated heterocycles. The van der Waals surface area contributed by atoms with Crippen LogP contribution in [-0.2, 0) is 18.9 Å². The first kappa shape index (κ1) is 34.7. The predicted octanol–water partition coefficient (Wildman–Crippen LogP) is -3.68. The molecule has 2 aliphatic heterocycles. The van der Waals surface area contributed by atoms with Crippen molar-refractivity contribution >= 4 is 0 Å². The van der Waals surface area contributed by atoms with Crippen molar-refractivity contribution in [1.82, 2.24) is 15.6 Å². The molecule has 0 bridgehead atoms. The van der Waals surface area contributed by atoms with E-state index in [9.17, 15) is 35.9 Å². The molecule has 2 aliphatic rings. The van der Waals surface area contributed by atoms with Crippen molar-refractivity contribution < 1.29 is 49.4 Å². The Hall–Kier alpha value is -1.48. The third-order valence-corrected chi connectivity index (χ3v) is 7.06. The first-order chi connectivity index (χ1) is 19.2. The molecule has 0 radical (unpaired) electrons. The van der Waals surface area contributed by atoms with Crippen LogP contribution in [0.5, 0.6) is 0 Å². The van der Waals surface area contributed by atoms with Crippen LogP contribution < -0.4 is 16.4 Å². The summed E-state index contributed by atoms with van der Waals surface area (Å²) in [6.45, 7) is 4.34. The van der Waals surface area contributed by atoms with Crippen LogP contribution in [0.25, 0.3) is 0 Å². The van der Waals surface area contributed by atoms with Gasteiger partial charge in [0.05, 0.1) is 25.8 Å². The Morgan fingerprint density at radius 3 is 2.23 bits per heavy atom. The van der Waals surface area contributed by atoms with Gasteiger partial charge in [0.15, 0.2) is 6.29 Å². The molecule has 17 heteroatoms. The van der Waals surface area contributed by atoms with Crippen LogP contribution >= 0.6 is 0 Å². The molecule has 1 unspecified atom stereocenters. The number of hydrogen-bond donors (Lipinski definition) is 8. The van der Waals surface area contributed by atoms with Crippen molar-refractivity contribution in [2.75, 3.05) is 59.5 Å². The minimum absolute atomic E-state index is 0.0472. The Kier molecular flexibility index (Phi) is 15.7. The molecule has 0 amide bonds. The molecule has 2 rings (SSSR count). The highest BCUT2D eigenvalue weighted by atomic mass is 16.7. The lowest BCUT2D eigenvalue weighted by Crippen LogP contribution is -2.64. The molecular weight excluding hydrogens is 536 g/mol. The fourth-order valence-electron chi connectivity index (χ4n) is 4.77. The van der Waals surface area contributed by atoms with Crippen molar-refractivity contribution in [3.05, 3.63) is 10.4 Å². The fraction of sp³-hybridized carbons (Fsp3) is 1.00. The number of hydrazine groups is 1. The van der Waals surface area contributed by atoms with E-state index in [1.807, 2.05) is 0 Å². The van der Waals surface area contributed by atoms with E-state index in [1.165, 1.54) is 12.1 Å². The number of aliphatic hydroxyl groups is 5. The van der Waals surface area contributed by atoms with E-state index in [4.69, 9.17) is 24.7 Å². The lowest BCUT2D eigenvalue weighted by Gasteiger charge is -2.46. The number of nitrogens with two attached hydrogens (primary N) is 1. The van der Waals surface area contributed by atoms with Gasteiger partial charge in [0.2, 0.25) is 0 Å². The highest BCUT2D eigenvalue weighted by molar-refractivity contribution is 4.95. The van der Waals surface area contributed by atoms with Crippen molar-refractivity contribution in [2.24, 2.45) is 11.0 Å². The molecule has 236 valence electrons. The molecule has 10 atom stereocenters. The number of nitrogens with zero attached hydrogens (tertiary/aromatic N) is 3. The van der Waals surface area contributed by atoms with Gasteiger partial charge in [-0.2, -0.15) is 0 Å². The van der Waals surface area contributed by atoms with Gasteiger partial charge in [-0.15, -0.1) is 5.01 Å². The number of methoxy groups -OCH3 is 1. The molecule has 0 saturated carbocycles. The number of hydrogen-bond acceptors (Lipinski definition) is 15. The van der Waals surface area contributed by atoms with Crippen LogP contribution in [0.3, 0.4) is 0 Å². The van der Waals surface area contributed by atoms with E-state index in [-0.39, 0.29) is 11.5 Å². The van der Waals surface area contributed by atoms with Gasteiger partial charge < -0.3 is 71.3 Å². The summed E-state index contributed by atoms with van der Waals surface area (Å²) < 4.78 is 22.5. The minimum atomic E-state index is -1.52. The van der Waals surface area contributed by atoms with Gasteiger partial charge in [0.25, 0.3) is 0 Å². The molecule has 40 heavy (non-hydrogen) atoms. The topological polar surface area (TPSA) is 253 Å². The zero-order valence-electron chi connectivity index (χ0n) is 23.2. The zero-order valence-corrected chi connectivity index (χ0v) is 23.2. The lowest BCUT2D eigenvalue weighted by atomic mass is 9.95. The smallest absolute Gasteiger partial charge is 0.187 e. The summed E-state index contributed by atoms with van der Waals surface area (Å²) in [6.07, 6.45) is -9.49. The van der Waals surface area contributed by atoms with Gasteiger partial charge in [-0.25, -0.2) is 0 Å². The maximum Gasteiger partial charge on any atom is 0.187 e. The maximum absolute atomic E-state index is 11.5. The van der Waals surface area contributed by atoms with E-state index >= 15 is 0 Å².